The molecule has 176 valence electrons. The Bertz CT molecular complexity index is 1000. The fraction of sp³-hybridized carbons (Fsp3) is 0.481. The van der Waals surface area contributed by atoms with Crippen molar-refractivity contribution in [3.8, 4) is 0 Å². The number of benzene rings is 2. The van der Waals surface area contributed by atoms with Crippen LogP contribution in [-0.2, 0) is 21.6 Å². The average Bonchev–Trinajstić information content (AvgIpc) is 2.77. The lowest BCUT2D eigenvalue weighted by atomic mass is 9.55. The van der Waals surface area contributed by atoms with Crippen molar-refractivity contribution >= 4 is 11.9 Å². The Hall–Kier alpha value is -1.73. The molecule has 0 amide bonds. The second-order valence-electron chi connectivity index (χ2n) is 9.87. The summed E-state index contributed by atoms with van der Waals surface area (Å²) in [5.74, 6) is -0.756. The number of nitrogens with zero attached hydrogens (tertiary/aromatic N) is 1. The molecule has 2 aromatic rings. The van der Waals surface area contributed by atoms with Crippen LogP contribution in [0.1, 0.15) is 54.5 Å². The molecule has 0 bridgehead atoms. The van der Waals surface area contributed by atoms with Gasteiger partial charge in [0.25, 0.3) is 0 Å². The van der Waals surface area contributed by atoms with E-state index in [4.69, 9.17) is 9.47 Å². The largest absolute Gasteiger partial charge is 0.380 e. The molecule has 0 radical (unpaired) electrons. The Balaban J connectivity index is 1.35. The highest BCUT2D eigenvalue weighted by Crippen LogP contribution is 2.60. The van der Waals surface area contributed by atoms with Gasteiger partial charge in [0.2, 0.25) is 0 Å². The predicted molar refractivity (Wildman–Crippen MR) is 128 cm³/mol. The lowest BCUT2D eigenvalue weighted by Crippen LogP contribution is -2.61. The Kier molecular flexibility index (Phi) is 6.38. The first-order valence-corrected chi connectivity index (χ1v) is 12.6. The van der Waals surface area contributed by atoms with Crippen LogP contribution in [0.4, 0.5) is 8.78 Å². The van der Waals surface area contributed by atoms with E-state index in [-0.39, 0.29) is 17.0 Å². The van der Waals surface area contributed by atoms with Crippen LogP contribution in [0, 0.1) is 17.0 Å². The summed E-state index contributed by atoms with van der Waals surface area (Å²) >= 11 is 1.74. The van der Waals surface area contributed by atoms with Crippen LogP contribution < -0.4 is 0 Å². The van der Waals surface area contributed by atoms with E-state index in [1.54, 1.807) is 18.0 Å². The Morgan fingerprint density at radius 2 is 1.91 bits per heavy atom. The van der Waals surface area contributed by atoms with Crippen molar-refractivity contribution in [3.05, 3.63) is 83.4 Å². The van der Waals surface area contributed by atoms with E-state index in [1.807, 2.05) is 6.07 Å². The van der Waals surface area contributed by atoms with Crippen LogP contribution in [0.2, 0.25) is 0 Å². The molecule has 1 spiro atoms. The molecule has 2 atom stereocenters. The van der Waals surface area contributed by atoms with Crippen LogP contribution in [0.15, 0.2) is 55.1 Å². The van der Waals surface area contributed by atoms with Gasteiger partial charge >= 0.3 is 0 Å². The molecule has 33 heavy (non-hydrogen) atoms. The lowest BCUT2D eigenvalue weighted by molar-refractivity contribution is -0.259. The van der Waals surface area contributed by atoms with Crippen LogP contribution in [-0.4, -0.2) is 30.2 Å². The highest BCUT2D eigenvalue weighted by Gasteiger charge is 2.60. The van der Waals surface area contributed by atoms with E-state index in [0.29, 0.717) is 61.6 Å². The third-order valence-corrected chi connectivity index (χ3v) is 8.86. The molecule has 0 aromatic heterocycles. The minimum Gasteiger partial charge on any atom is -0.380 e. The number of ether oxygens (including phenoxy) is 2. The maximum absolute atomic E-state index is 15.4. The zero-order chi connectivity index (χ0) is 23.1. The summed E-state index contributed by atoms with van der Waals surface area (Å²) in [4.78, 5) is 0. The molecule has 2 saturated heterocycles. The van der Waals surface area contributed by atoms with Crippen LogP contribution in [0.5, 0.6) is 0 Å². The van der Waals surface area contributed by atoms with Gasteiger partial charge in [0.15, 0.2) is 0 Å². The molecule has 2 aliphatic heterocycles. The van der Waals surface area contributed by atoms with Crippen molar-refractivity contribution in [2.45, 2.75) is 56.0 Å². The maximum atomic E-state index is 15.4. The molecular weight excluding hydrogens is 440 g/mol. The molecular formula is C27H31F2NO2S. The molecule has 3 nitrogen and oxygen atoms in total. The number of halogens is 2. The van der Waals surface area contributed by atoms with Gasteiger partial charge in [-0.3, -0.25) is 0 Å². The van der Waals surface area contributed by atoms with Crippen molar-refractivity contribution in [1.29, 1.82) is 0 Å². The number of hydrogen-bond acceptors (Lipinski definition) is 4. The van der Waals surface area contributed by atoms with Gasteiger partial charge in [0, 0.05) is 34.4 Å². The zero-order valence-corrected chi connectivity index (χ0v) is 19.9. The first-order chi connectivity index (χ1) is 15.9. The van der Waals surface area contributed by atoms with Crippen molar-refractivity contribution in [1.82, 2.24) is 4.31 Å². The van der Waals surface area contributed by atoms with Crippen LogP contribution in [0.3, 0.4) is 0 Å². The van der Waals surface area contributed by atoms with Gasteiger partial charge in [0.05, 0.1) is 25.4 Å². The summed E-state index contributed by atoms with van der Waals surface area (Å²) in [6, 6.07) is 13.5. The Morgan fingerprint density at radius 1 is 1.15 bits per heavy atom. The summed E-state index contributed by atoms with van der Waals surface area (Å²) < 4.78 is 44.4. The van der Waals surface area contributed by atoms with Gasteiger partial charge in [-0.2, -0.15) is 0 Å². The fourth-order valence-electron chi connectivity index (χ4n) is 5.51. The van der Waals surface area contributed by atoms with Crippen molar-refractivity contribution in [3.63, 3.8) is 0 Å². The van der Waals surface area contributed by atoms with E-state index >= 15 is 8.78 Å². The van der Waals surface area contributed by atoms with Gasteiger partial charge in [-0.05, 0) is 50.3 Å². The summed E-state index contributed by atoms with van der Waals surface area (Å²) in [5, 5.41) is 0.334. The third-order valence-electron chi connectivity index (χ3n) is 7.34. The maximum Gasteiger partial charge on any atom is 0.129 e. The standard InChI is InChI=1S/C27H31F2NO2S/c1-3-11-32-27(15-26(16-27)17-31-18-26)22-13-23(28)21(12-24(22)29)14-30-19(2)9-10-25(33-30)20-7-5-4-6-8-20/h3-8,12-13,19,25H,1,9-11,14-18H2,2H3/t19-,25+/m0/s1. The summed E-state index contributed by atoms with van der Waals surface area (Å²) in [5.41, 5.74) is 1.25. The second-order valence-corrected chi connectivity index (χ2v) is 11.1. The van der Waals surface area contributed by atoms with Crippen molar-refractivity contribution in [2.24, 2.45) is 5.41 Å². The van der Waals surface area contributed by atoms with Gasteiger partial charge in [-0.15, -0.1) is 6.58 Å². The first-order valence-electron chi connectivity index (χ1n) is 11.7. The van der Waals surface area contributed by atoms with E-state index in [1.165, 1.54) is 17.7 Å². The van der Waals surface area contributed by atoms with E-state index < -0.39 is 5.60 Å². The van der Waals surface area contributed by atoms with E-state index in [0.717, 1.165) is 12.8 Å². The monoisotopic (exact) mass is 471 g/mol. The molecule has 1 aliphatic carbocycles. The van der Waals surface area contributed by atoms with Gasteiger partial charge in [0.1, 0.15) is 11.6 Å². The van der Waals surface area contributed by atoms with E-state index in [9.17, 15) is 0 Å². The minimum atomic E-state index is -0.799. The molecule has 3 fully saturated rings. The minimum absolute atomic E-state index is 0.0507. The summed E-state index contributed by atoms with van der Waals surface area (Å²) in [7, 11) is 0. The molecule has 2 aromatic carbocycles. The topological polar surface area (TPSA) is 21.7 Å². The van der Waals surface area contributed by atoms with Crippen molar-refractivity contribution < 1.29 is 18.3 Å². The second kappa shape index (κ2) is 9.14. The zero-order valence-electron chi connectivity index (χ0n) is 19.1. The molecule has 2 heterocycles. The average molecular weight is 472 g/mol. The SMILES string of the molecule is C=CCOC1(c2cc(F)c(CN3S[C@@H](c4ccccc4)CC[C@@H]3C)cc2F)CC2(COC2)C1. The normalized spacial score (nSPS) is 25.9. The highest BCUT2D eigenvalue weighted by atomic mass is 32.2. The molecule has 1 saturated carbocycles. The van der Waals surface area contributed by atoms with Crippen molar-refractivity contribution in [2.75, 3.05) is 19.8 Å². The Labute approximate surface area is 199 Å². The molecule has 6 heteroatoms. The Morgan fingerprint density at radius 3 is 2.58 bits per heavy atom. The summed E-state index contributed by atoms with van der Waals surface area (Å²) in [6.07, 6.45) is 5.07. The van der Waals surface area contributed by atoms with Gasteiger partial charge in [-0.25, -0.2) is 13.1 Å². The molecule has 0 unspecified atom stereocenters. The molecule has 5 rings (SSSR count). The fourth-order valence-corrected chi connectivity index (χ4v) is 6.89. The molecule has 0 N–H and O–H groups in total. The van der Waals surface area contributed by atoms with Gasteiger partial charge in [-0.1, -0.05) is 48.4 Å². The van der Waals surface area contributed by atoms with E-state index in [2.05, 4.69) is 42.1 Å². The molecule has 3 aliphatic rings. The third kappa shape index (κ3) is 4.39. The smallest absolute Gasteiger partial charge is 0.129 e. The summed E-state index contributed by atoms with van der Waals surface area (Å²) in [6.45, 7) is 7.89. The number of hydrogen-bond donors (Lipinski definition) is 0. The highest BCUT2D eigenvalue weighted by molar-refractivity contribution is 7.97. The van der Waals surface area contributed by atoms with Crippen LogP contribution in [0.25, 0.3) is 0 Å². The predicted octanol–water partition coefficient (Wildman–Crippen LogP) is 6.55. The lowest BCUT2D eigenvalue weighted by Gasteiger charge is -2.59. The number of rotatable bonds is 7. The first kappa shape index (κ1) is 23.0. The van der Waals surface area contributed by atoms with Gasteiger partial charge < -0.3 is 9.47 Å². The quantitative estimate of drug-likeness (QED) is 0.337. The van der Waals surface area contributed by atoms with Crippen LogP contribution >= 0.6 is 11.9 Å².